The van der Waals surface area contributed by atoms with Crippen LogP contribution in [0.15, 0.2) is 4.90 Å². The zero-order valence-electron chi connectivity index (χ0n) is 13.9. The highest BCUT2D eigenvalue weighted by molar-refractivity contribution is 7.89. The standard InChI is InChI=1S/C14H24N4O4S/c1-5-18(8-13(19)20)12-6-11(7-12)16-23(21,22)14-9(2)15-17(4)10(14)3/h11-12,16H,5-8H2,1-4H3,(H,19,20). The Balaban J connectivity index is 2.00. The van der Waals surface area contributed by atoms with E-state index in [1.807, 2.05) is 11.8 Å². The first-order valence-corrected chi connectivity index (χ1v) is 9.12. The van der Waals surface area contributed by atoms with E-state index in [-0.39, 0.29) is 23.5 Å². The molecule has 0 aliphatic heterocycles. The number of aliphatic carboxylic acids is 1. The number of aryl methyl sites for hydroxylation is 2. The molecule has 1 aromatic heterocycles. The van der Waals surface area contributed by atoms with E-state index in [2.05, 4.69) is 9.82 Å². The van der Waals surface area contributed by atoms with Crippen molar-refractivity contribution in [3.05, 3.63) is 11.4 Å². The molecule has 0 atom stereocenters. The zero-order valence-corrected chi connectivity index (χ0v) is 14.7. The Bertz CT molecular complexity index is 692. The van der Waals surface area contributed by atoms with Crippen LogP contribution in [-0.2, 0) is 21.9 Å². The Hall–Kier alpha value is -1.45. The van der Waals surface area contributed by atoms with Crippen LogP contribution in [0.1, 0.15) is 31.2 Å². The van der Waals surface area contributed by atoms with Crippen LogP contribution < -0.4 is 4.72 Å². The van der Waals surface area contributed by atoms with Crippen molar-refractivity contribution < 1.29 is 18.3 Å². The van der Waals surface area contributed by atoms with Crippen molar-refractivity contribution in [2.75, 3.05) is 13.1 Å². The molecular formula is C14H24N4O4S. The van der Waals surface area contributed by atoms with Crippen LogP contribution in [-0.4, -0.2) is 59.3 Å². The summed E-state index contributed by atoms with van der Waals surface area (Å²) in [6.07, 6.45) is 1.25. The lowest BCUT2D eigenvalue weighted by Gasteiger charge is -2.42. The van der Waals surface area contributed by atoms with Gasteiger partial charge < -0.3 is 5.11 Å². The molecule has 1 aromatic rings. The molecule has 2 N–H and O–H groups in total. The molecule has 0 aromatic carbocycles. The van der Waals surface area contributed by atoms with Gasteiger partial charge in [0, 0.05) is 19.1 Å². The fourth-order valence-corrected chi connectivity index (χ4v) is 4.78. The van der Waals surface area contributed by atoms with Gasteiger partial charge in [0.25, 0.3) is 0 Å². The van der Waals surface area contributed by atoms with E-state index in [0.717, 1.165) is 0 Å². The topological polar surface area (TPSA) is 105 Å². The molecule has 1 aliphatic carbocycles. The molecule has 0 spiro atoms. The summed E-state index contributed by atoms with van der Waals surface area (Å²) >= 11 is 0. The van der Waals surface area contributed by atoms with Gasteiger partial charge in [-0.05, 0) is 33.2 Å². The lowest BCUT2D eigenvalue weighted by molar-refractivity contribution is -0.139. The Kier molecular flexibility index (Phi) is 5.12. The monoisotopic (exact) mass is 344 g/mol. The summed E-state index contributed by atoms with van der Waals surface area (Å²) in [6, 6.07) is -0.0493. The van der Waals surface area contributed by atoms with Crippen molar-refractivity contribution in [2.45, 2.75) is 50.6 Å². The predicted octanol–water partition coefficient (Wildman–Crippen LogP) is 0.253. The van der Waals surface area contributed by atoms with E-state index in [4.69, 9.17) is 5.11 Å². The molecule has 0 saturated heterocycles. The number of sulfonamides is 1. The highest BCUT2D eigenvalue weighted by Gasteiger charge is 2.37. The zero-order chi connectivity index (χ0) is 17.4. The first kappa shape index (κ1) is 17.9. The van der Waals surface area contributed by atoms with Crippen molar-refractivity contribution >= 4 is 16.0 Å². The third-order valence-electron chi connectivity index (χ3n) is 4.41. The van der Waals surface area contributed by atoms with Gasteiger partial charge in [0.15, 0.2) is 0 Å². The summed E-state index contributed by atoms with van der Waals surface area (Å²) in [5, 5.41) is 13.0. The largest absolute Gasteiger partial charge is 0.480 e. The fourth-order valence-electron chi connectivity index (χ4n) is 3.08. The van der Waals surface area contributed by atoms with E-state index in [1.54, 1.807) is 25.6 Å². The summed E-state index contributed by atoms with van der Waals surface area (Å²) in [7, 11) is -1.89. The van der Waals surface area contributed by atoms with E-state index < -0.39 is 16.0 Å². The van der Waals surface area contributed by atoms with Gasteiger partial charge in [-0.2, -0.15) is 5.10 Å². The maximum atomic E-state index is 12.5. The SMILES string of the molecule is CCN(CC(=O)O)C1CC(NS(=O)(=O)c2c(C)nn(C)c2C)C1. The van der Waals surface area contributed by atoms with Gasteiger partial charge in [-0.25, -0.2) is 13.1 Å². The van der Waals surface area contributed by atoms with Crippen LogP contribution >= 0.6 is 0 Å². The summed E-state index contributed by atoms with van der Waals surface area (Å²) in [6.45, 7) is 5.93. The summed E-state index contributed by atoms with van der Waals surface area (Å²) in [5.74, 6) is -0.863. The van der Waals surface area contributed by atoms with E-state index in [1.165, 1.54) is 0 Å². The summed E-state index contributed by atoms with van der Waals surface area (Å²) in [5.41, 5.74) is 1.08. The second kappa shape index (κ2) is 6.58. The van der Waals surface area contributed by atoms with E-state index in [0.29, 0.717) is 30.8 Å². The molecule has 1 fully saturated rings. The van der Waals surface area contributed by atoms with Gasteiger partial charge in [0.05, 0.1) is 17.9 Å². The second-order valence-electron chi connectivity index (χ2n) is 6.02. The van der Waals surface area contributed by atoms with Crippen LogP contribution in [0.2, 0.25) is 0 Å². The molecule has 0 bridgehead atoms. The Morgan fingerprint density at radius 3 is 2.48 bits per heavy atom. The number of carboxylic acid groups (broad SMARTS) is 1. The smallest absolute Gasteiger partial charge is 0.317 e. The van der Waals surface area contributed by atoms with Crippen LogP contribution in [0, 0.1) is 13.8 Å². The quantitative estimate of drug-likeness (QED) is 0.735. The minimum atomic E-state index is -3.61. The number of rotatable bonds is 7. The number of hydrogen-bond donors (Lipinski definition) is 2. The average Bonchev–Trinajstić information content (AvgIpc) is 2.65. The first-order chi connectivity index (χ1) is 10.7. The number of carbonyl (C=O) groups is 1. The van der Waals surface area contributed by atoms with Crippen molar-refractivity contribution in [1.82, 2.24) is 19.4 Å². The van der Waals surface area contributed by atoms with Gasteiger partial charge >= 0.3 is 5.97 Å². The third kappa shape index (κ3) is 3.73. The molecule has 9 heteroatoms. The lowest BCUT2D eigenvalue weighted by Crippen LogP contribution is -2.54. The van der Waals surface area contributed by atoms with Gasteiger partial charge in [0.1, 0.15) is 4.90 Å². The molecule has 130 valence electrons. The fraction of sp³-hybridized carbons (Fsp3) is 0.714. The van der Waals surface area contributed by atoms with Gasteiger partial charge in [-0.3, -0.25) is 14.4 Å². The molecule has 2 rings (SSSR count). The maximum Gasteiger partial charge on any atom is 0.317 e. The van der Waals surface area contributed by atoms with Crippen LogP contribution in [0.5, 0.6) is 0 Å². The highest BCUT2D eigenvalue weighted by atomic mass is 32.2. The van der Waals surface area contributed by atoms with Crippen molar-refractivity contribution in [3.63, 3.8) is 0 Å². The first-order valence-electron chi connectivity index (χ1n) is 7.64. The molecular weight excluding hydrogens is 320 g/mol. The molecule has 0 amide bonds. The molecule has 0 radical (unpaired) electrons. The number of aromatic nitrogens is 2. The van der Waals surface area contributed by atoms with Crippen molar-refractivity contribution in [3.8, 4) is 0 Å². The van der Waals surface area contributed by atoms with Crippen LogP contribution in [0.3, 0.4) is 0 Å². The number of hydrogen-bond acceptors (Lipinski definition) is 5. The third-order valence-corrected chi connectivity index (χ3v) is 6.18. The Labute approximate surface area is 136 Å². The van der Waals surface area contributed by atoms with Crippen molar-refractivity contribution in [1.29, 1.82) is 0 Å². The van der Waals surface area contributed by atoms with Gasteiger partial charge in [0.2, 0.25) is 10.0 Å². The molecule has 1 heterocycles. The molecule has 1 aliphatic rings. The number of nitrogens with one attached hydrogen (secondary N) is 1. The molecule has 0 unspecified atom stereocenters. The van der Waals surface area contributed by atoms with Crippen molar-refractivity contribution in [2.24, 2.45) is 7.05 Å². The normalized spacial score (nSPS) is 21.4. The highest BCUT2D eigenvalue weighted by Crippen LogP contribution is 2.28. The Morgan fingerprint density at radius 1 is 1.43 bits per heavy atom. The minimum Gasteiger partial charge on any atom is -0.480 e. The van der Waals surface area contributed by atoms with Crippen LogP contribution in [0.25, 0.3) is 0 Å². The average molecular weight is 344 g/mol. The second-order valence-corrected chi connectivity index (χ2v) is 7.67. The summed E-state index contributed by atoms with van der Waals surface area (Å²) < 4.78 is 29.3. The number of nitrogens with zero attached hydrogens (tertiary/aromatic N) is 3. The lowest BCUT2D eigenvalue weighted by atomic mass is 9.86. The molecule has 1 saturated carbocycles. The van der Waals surface area contributed by atoms with E-state index in [9.17, 15) is 13.2 Å². The van der Waals surface area contributed by atoms with Gasteiger partial charge in [-0.15, -0.1) is 0 Å². The summed E-state index contributed by atoms with van der Waals surface area (Å²) in [4.78, 5) is 12.9. The Morgan fingerprint density at radius 2 is 2.04 bits per heavy atom. The molecule has 23 heavy (non-hydrogen) atoms. The maximum absolute atomic E-state index is 12.5. The van der Waals surface area contributed by atoms with Gasteiger partial charge in [-0.1, -0.05) is 6.92 Å². The van der Waals surface area contributed by atoms with Crippen LogP contribution in [0.4, 0.5) is 0 Å². The number of likely N-dealkylation sites (N-methyl/N-ethyl adjacent to an activating group) is 1. The predicted molar refractivity (Wildman–Crippen MR) is 84.7 cm³/mol. The number of carboxylic acids is 1. The van der Waals surface area contributed by atoms with E-state index >= 15 is 0 Å². The molecule has 8 nitrogen and oxygen atoms in total. The minimum absolute atomic E-state index is 0.0124.